The number of benzene rings is 2. The van der Waals surface area contributed by atoms with E-state index in [9.17, 15) is 4.79 Å². The van der Waals surface area contributed by atoms with E-state index in [4.69, 9.17) is 20.2 Å². The lowest BCUT2D eigenvalue weighted by molar-refractivity contribution is -0.135. The van der Waals surface area contributed by atoms with Gasteiger partial charge in [0.15, 0.2) is 0 Å². The van der Waals surface area contributed by atoms with E-state index in [1.165, 1.54) is 12.8 Å². The van der Waals surface area contributed by atoms with Crippen LogP contribution in [0.5, 0.6) is 11.5 Å². The molecule has 6 heteroatoms. The minimum atomic E-state index is -0.822. The summed E-state index contributed by atoms with van der Waals surface area (Å²) in [6.07, 6.45) is 11.1. The van der Waals surface area contributed by atoms with Crippen LogP contribution in [0.1, 0.15) is 64.2 Å². The van der Waals surface area contributed by atoms with Crippen molar-refractivity contribution in [2.75, 3.05) is 14.2 Å². The van der Waals surface area contributed by atoms with E-state index in [2.05, 4.69) is 10.6 Å². The SMILES string of the molecule is COc1ccc(-c2nc3ccccc3n2C(C(N)=O)(C2CCCCC2)C2CCCCC2)c(OC)c1. The number of ether oxygens (including phenoxy) is 2. The molecule has 5 rings (SSSR count). The quantitative estimate of drug-likeness (QED) is 0.450. The van der Waals surface area contributed by atoms with Crippen molar-refractivity contribution in [1.29, 1.82) is 0 Å². The van der Waals surface area contributed by atoms with E-state index in [0.717, 1.165) is 73.8 Å². The van der Waals surface area contributed by atoms with Crippen molar-refractivity contribution in [2.45, 2.75) is 69.7 Å². The van der Waals surface area contributed by atoms with Gasteiger partial charge in [-0.3, -0.25) is 4.79 Å². The zero-order valence-electron chi connectivity index (χ0n) is 21.0. The maximum absolute atomic E-state index is 13.9. The second-order valence-electron chi connectivity index (χ2n) is 10.2. The lowest BCUT2D eigenvalue weighted by Gasteiger charge is -2.48. The third kappa shape index (κ3) is 3.97. The van der Waals surface area contributed by atoms with Crippen LogP contribution in [0, 0.1) is 11.8 Å². The van der Waals surface area contributed by atoms with Crippen LogP contribution in [0.25, 0.3) is 22.4 Å². The molecule has 0 bridgehead atoms. The molecule has 1 heterocycles. The van der Waals surface area contributed by atoms with E-state index < -0.39 is 5.54 Å². The summed E-state index contributed by atoms with van der Waals surface area (Å²) >= 11 is 0. The van der Waals surface area contributed by atoms with Gasteiger partial charge in [0.05, 0.1) is 30.8 Å². The number of imidazole rings is 1. The molecule has 2 aliphatic carbocycles. The molecular weight excluding hydrogens is 438 g/mol. The van der Waals surface area contributed by atoms with Gasteiger partial charge in [-0.1, -0.05) is 50.7 Å². The van der Waals surface area contributed by atoms with Gasteiger partial charge in [0.2, 0.25) is 5.91 Å². The molecule has 0 atom stereocenters. The fourth-order valence-corrected chi connectivity index (χ4v) is 6.86. The highest BCUT2D eigenvalue weighted by molar-refractivity contribution is 5.90. The minimum Gasteiger partial charge on any atom is -0.497 e. The van der Waals surface area contributed by atoms with Gasteiger partial charge >= 0.3 is 0 Å². The van der Waals surface area contributed by atoms with Crippen molar-refractivity contribution in [3.8, 4) is 22.9 Å². The first-order valence-electron chi connectivity index (χ1n) is 13.1. The molecule has 186 valence electrons. The van der Waals surface area contributed by atoms with Crippen LogP contribution in [-0.4, -0.2) is 29.7 Å². The molecule has 0 radical (unpaired) electrons. The Hall–Kier alpha value is -3.02. The first-order chi connectivity index (χ1) is 17.1. The maximum atomic E-state index is 13.9. The fourth-order valence-electron chi connectivity index (χ4n) is 6.86. The summed E-state index contributed by atoms with van der Waals surface area (Å²) in [5, 5.41) is 0. The van der Waals surface area contributed by atoms with Crippen molar-refractivity contribution in [3.63, 3.8) is 0 Å². The standard InChI is InChI=1S/C29H37N3O3/c1-34-22-17-18-23(26(19-22)35-2)27-31-24-15-9-10-16-25(24)32(27)29(28(30)33,20-11-5-3-6-12-20)21-13-7-4-8-14-21/h9-10,15-21H,3-8,11-14H2,1-2H3,(H2,30,33). The normalized spacial score (nSPS) is 18.0. The van der Waals surface area contributed by atoms with E-state index in [1.54, 1.807) is 14.2 Å². The zero-order chi connectivity index (χ0) is 24.4. The highest BCUT2D eigenvalue weighted by Gasteiger charge is 2.53. The van der Waals surface area contributed by atoms with Gasteiger partial charge in [0.25, 0.3) is 0 Å². The molecule has 2 saturated carbocycles. The van der Waals surface area contributed by atoms with Gasteiger partial charge < -0.3 is 19.8 Å². The van der Waals surface area contributed by atoms with Crippen LogP contribution in [0.4, 0.5) is 0 Å². The molecule has 35 heavy (non-hydrogen) atoms. The monoisotopic (exact) mass is 475 g/mol. The molecular formula is C29H37N3O3. The smallest absolute Gasteiger partial charge is 0.244 e. The Bertz CT molecular complexity index is 1170. The highest BCUT2D eigenvalue weighted by atomic mass is 16.5. The van der Waals surface area contributed by atoms with Gasteiger partial charge in [0, 0.05) is 6.07 Å². The van der Waals surface area contributed by atoms with E-state index in [0.29, 0.717) is 11.5 Å². The summed E-state index contributed by atoms with van der Waals surface area (Å²) in [5.74, 6) is 2.31. The van der Waals surface area contributed by atoms with Crippen molar-refractivity contribution in [3.05, 3.63) is 42.5 Å². The zero-order valence-corrected chi connectivity index (χ0v) is 21.0. The van der Waals surface area contributed by atoms with Crippen molar-refractivity contribution in [2.24, 2.45) is 17.6 Å². The van der Waals surface area contributed by atoms with Gasteiger partial charge in [-0.15, -0.1) is 0 Å². The molecule has 2 fully saturated rings. The number of carbonyl (C=O) groups excluding carboxylic acids is 1. The van der Waals surface area contributed by atoms with Crippen molar-refractivity contribution in [1.82, 2.24) is 9.55 Å². The second kappa shape index (κ2) is 9.92. The summed E-state index contributed by atoms with van der Waals surface area (Å²) in [7, 11) is 3.31. The summed E-state index contributed by atoms with van der Waals surface area (Å²) in [4.78, 5) is 19.0. The number of amides is 1. The maximum Gasteiger partial charge on any atom is 0.244 e. The van der Waals surface area contributed by atoms with E-state index in [1.807, 2.05) is 36.4 Å². The first-order valence-corrected chi connectivity index (χ1v) is 13.1. The van der Waals surface area contributed by atoms with Crippen LogP contribution >= 0.6 is 0 Å². The molecule has 0 saturated heterocycles. The first kappa shape index (κ1) is 23.7. The fraction of sp³-hybridized carbons (Fsp3) is 0.517. The van der Waals surface area contributed by atoms with E-state index >= 15 is 0 Å². The third-order valence-electron chi connectivity index (χ3n) is 8.43. The molecule has 0 unspecified atom stereocenters. The predicted octanol–water partition coefficient (Wildman–Crippen LogP) is 6.06. The number of para-hydroxylation sites is 2. The Labute approximate surface area is 207 Å². The van der Waals surface area contributed by atoms with Crippen molar-refractivity contribution < 1.29 is 14.3 Å². The van der Waals surface area contributed by atoms with Crippen LogP contribution in [0.3, 0.4) is 0 Å². The molecule has 2 aliphatic rings. The van der Waals surface area contributed by atoms with Crippen LogP contribution in [-0.2, 0) is 10.3 Å². The number of carbonyl (C=O) groups is 1. The Morgan fingerprint density at radius 1 is 0.914 bits per heavy atom. The lowest BCUT2D eigenvalue weighted by Crippen LogP contribution is -2.58. The number of nitrogens with two attached hydrogens (primary N) is 1. The molecule has 0 spiro atoms. The van der Waals surface area contributed by atoms with Crippen molar-refractivity contribution >= 4 is 16.9 Å². The number of nitrogens with zero attached hydrogens (tertiary/aromatic N) is 2. The number of rotatable bonds is 7. The Balaban J connectivity index is 1.84. The summed E-state index contributed by atoms with van der Waals surface area (Å²) in [5.41, 5.74) is 8.41. The number of hydrogen-bond acceptors (Lipinski definition) is 4. The molecule has 2 aromatic carbocycles. The number of fused-ring (bicyclic) bond motifs is 1. The molecule has 1 aromatic heterocycles. The van der Waals surface area contributed by atoms with Crippen LogP contribution in [0.2, 0.25) is 0 Å². The third-order valence-corrected chi connectivity index (χ3v) is 8.43. The van der Waals surface area contributed by atoms with Crippen LogP contribution in [0.15, 0.2) is 42.5 Å². The number of aromatic nitrogens is 2. The van der Waals surface area contributed by atoms with Gasteiger partial charge in [-0.05, 0) is 61.8 Å². The lowest BCUT2D eigenvalue weighted by atomic mass is 9.63. The Morgan fingerprint density at radius 3 is 2.11 bits per heavy atom. The molecule has 6 nitrogen and oxygen atoms in total. The summed E-state index contributed by atoms with van der Waals surface area (Å²) < 4.78 is 13.5. The summed E-state index contributed by atoms with van der Waals surface area (Å²) in [6.45, 7) is 0. The molecule has 0 aliphatic heterocycles. The molecule has 2 N–H and O–H groups in total. The Kier molecular flexibility index (Phi) is 6.72. The minimum absolute atomic E-state index is 0.192. The van der Waals surface area contributed by atoms with E-state index in [-0.39, 0.29) is 17.7 Å². The van der Waals surface area contributed by atoms with Gasteiger partial charge in [-0.25, -0.2) is 4.98 Å². The number of primary amides is 1. The van der Waals surface area contributed by atoms with Gasteiger partial charge in [0.1, 0.15) is 22.9 Å². The average Bonchev–Trinajstić information content (AvgIpc) is 3.29. The summed E-state index contributed by atoms with van der Waals surface area (Å²) in [6, 6.07) is 13.9. The van der Waals surface area contributed by atoms with Gasteiger partial charge in [-0.2, -0.15) is 0 Å². The molecule has 3 aromatic rings. The Morgan fingerprint density at radius 2 is 1.54 bits per heavy atom. The predicted molar refractivity (Wildman–Crippen MR) is 139 cm³/mol. The topological polar surface area (TPSA) is 79.4 Å². The average molecular weight is 476 g/mol. The van der Waals surface area contributed by atoms with Crippen LogP contribution < -0.4 is 15.2 Å². The largest absolute Gasteiger partial charge is 0.497 e. The number of hydrogen-bond donors (Lipinski definition) is 1. The highest BCUT2D eigenvalue weighted by Crippen LogP contribution is 2.51. The molecule has 1 amide bonds. The number of methoxy groups -OCH3 is 2. The second-order valence-corrected chi connectivity index (χ2v) is 10.2.